The molecule has 0 saturated carbocycles. The second-order valence-electron chi connectivity index (χ2n) is 5.60. The van der Waals surface area contributed by atoms with Crippen LogP contribution in [0.1, 0.15) is 12.5 Å². The van der Waals surface area contributed by atoms with Crippen LogP contribution in [-0.4, -0.2) is 31.9 Å². The van der Waals surface area contributed by atoms with Crippen molar-refractivity contribution >= 4 is 27.5 Å². The van der Waals surface area contributed by atoms with E-state index in [2.05, 4.69) is 26.0 Å². The molecule has 2 aromatic rings. The number of ether oxygens (including phenoxy) is 3. The van der Waals surface area contributed by atoms with Crippen LogP contribution in [0.3, 0.4) is 0 Å². The maximum absolute atomic E-state index is 12.1. The summed E-state index contributed by atoms with van der Waals surface area (Å²) in [7, 11) is 0. The van der Waals surface area contributed by atoms with E-state index in [1.807, 2.05) is 6.07 Å². The standard InChI is InChI=1S/C19H16BrF3N2O4/c1-2-27-16-8-12(9-24)7-15(20)18(16)28-10-17(26)25-13-3-5-14(6-4-13)29-11-19(21,22)23/h3-8H,2,10-11H2,1H3,(H,25,26). The summed E-state index contributed by atoms with van der Waals surface area (Å²) in [6.07, 6.45) is -4.43. The number of carbonyl (C=O) groups excluding carboxylic acids is 1. The molecule has 0 spiro atoms. The molecule has 0 aliphatic heterocycles. The number of carbonyl (C=O) groups is 1. The molecular formula is C19H16BrF3N2O4. The quantitative estimate of drug-likeness (QED) is 0.603. The van der Waals surface area contributed by atoms with E-state index >= 15 is 0 Å². The van der Waals surface area contributed by atoms with Crippen LogP contribution in [-0.2, 0) is 4.79 Å². The number of benzene rings is 2. The Kier molecular flexibility index (Phi) is 7.73. The first-order valence-corrected chi connectivity index (χ1v) is 9.10. The topological polar surface area (TPSA) is 80.6 Å². The molecule has 10 heteroatoms. The van der Waals surface area contributed by atoms with Gasteiger partial charge >= 0.3 is 6.18 Å². The molecule has 0 unspecified atom stereocenters. The minimum absolute atomic E-state index is 0.0273. The van der Waals surface area contributed by atoms with Crippen molar-refractivity contribution in [1.29, 1.82) is 5.26 Å². The molecule has 0 radical (unpaired) electrons. The maximum Gasteiger partial charge on any atom is 0.422 e. The molecule has 0 saturated heterocycles. The third-order valence-corrected chi connectivity index (χ3v) is 3.92. The SMILES string of the molecule is CCOc1cc(C#N)cc(Br)c1OCC(=O)Nc1ccc(OCC(F)(F)F)cc1. The second kappa shape index (κ2) is 10.0. The van der Waals surface area contributed by atoms with Gasteiger partial charge in [-0.2, -0.15) is 18.4 Å². The highest BCUT2D eigenvalue weighted by molar-refractivity contribution is 9.10. The van der Waals surface area contributed by atoms with Gasteiger partial charge in [0.05, 0.1) is 22.7 Å². The third-order valence-electron chi connectivity index (χ3n) is 3.33. The molecule has 0 fully saturated rings. The summed E-state index contributed by atoms with van der Waals surface area (Å²) in [5.41, 5.74) is 0.729. The first-order valence-electron chi connectivity index (χ1n) is 8.30. The van der Waals surface area contributed by atoms with Crippen molar-refractivity contribution in [2.24, 2.45) is 0 Å². The van der Waals surface area contributed by atoms with Gasteiger partial charge in [-0.05, 0) is 53.2 Å². The Morgan fingerprint density at radius 1 is 1.17 bits per heavy atom. The molecule has 0 atom stereocenters. The lowest BCUT2D eigenvalue weighted by atomic mass is 10.2. The highest BCUT2D eigenvalue weighted by atomic mass is 79.9. The van der Waals surface area contributed by atoms with E-state index in [1.165, 1.54) is 36.4 Å². The van der Waals surface area contributed by atoms with E-state index in [-0.39, 0.29) is 18.1 Å². The number of alkyl halides is 3. The van der Waals surface area contributed by atoms with Gasteiger partial charge in [-0.3, -0.25) is 4.79 Å². The van der Waals surface area contributed by atoms with Crippen LogP contribution < -0.4 is 19.5 Å². The van der Waals surface area contributed by atoms with Crippen LogP contribution in [0.2, 0.25) is 0 Å². The number of nitrogens with one attached hydrogen (secondary N) is 1. The van der Waals surface area contributed by atoms with Crippen molar-refractivity contribution < 1.29 is 32.2 Å². The molecule has 6 nitrogen and oxygen atoms in total. The largest absolute Gasteiger partial charge is 0.490 e. The Labute approximate surface area is 173 Å². The molecule has 0 bridgehead atoms. The summed E-state index contributed by atoms with van der Waals surface area (Å²) >= 11 is 3.28. The molecule has 0 aliphatic rings. The number of nitriles is 1. The van der Waals surface area contributed by atoms with Crippen molar-refractivity contribution in [3.63, 3.8) is 0 Å². The predicted octanol–water partition coefficient (Wildman–Crippen LogP) is 4.68. The summed E-state index contributed by atoms with van der Waals surface area (Å²) in [6, 6.07) is 10.5. The van der Waals surface area contributed by atoms with E-state index in [4.69, 9.17) is 14.7 Å². The zero-order chi connectivity index (χ0) is 21.4. The van der Waals surface area contributed by atoms with Gasteiger partial charge in [-0.15, -0.1) is 0 Å². The van der Waals surface area contributed by atoms with E-state index in [1.54, 1.807) is 6.92 Å². The smallest absolute Gasteiger partial charge is 0.422 e. The Morgan fingerprint density at radius 2 is 1.86 bits per heavy atom. The average molecular weight is 473 g/mol. The van der Waals surface area contributed by atoms with Crippen LogP contribution in [0.15, 0.2) is 40.9 Å². The van der Waals surface area contributed by atoms with Crippen molar-refractivity contribution in [1.82, 2.24) is 0 Å². The number of anilines is 1. The van der Waals surface area contributed by atoms with Crippen LogP contribution in [0.5, 0.6) is 17.2 Å². The van der Waals surface area contributed by atoms with Gasteiger partial charge in [-0.1, -0.05) is 0 Å². The molecular weight excluding hydrogens is 457 g/mol. The Hall–Kier alpha value is -2.93. The van der Waals surface area contributed by atoms with Gasteiger partial charge in [0.25, 0.3) is 5.91 Å². The van der Waals surface area contributed by atoms with E-state index in [9.17, 15) is 18.0 Å². The van der Waals surface area contributed by atoms with Crippen molar-refractivity contribution in [2.75, 3.05) is 25.1 Å². The van der Waals surface area contributed by atoms with E-state index in [0.717, 1.165) is 0 Å². The highest BCUT2D eigenvalue weighted by Gasteiger charge is 2.28. The van der Waals surface area contributed by atoms with Crippen molar-refractivity contribution in [3.05, 3.63) is 46.4 Å². The summed E-state index contributed by atoms with van der Waals surface area (Å²) < 4.78 is 52.4. The molecule has 1 N–H and O–H groups in total. The molecule has 2 rings (SSSR count). The van der Waals surface area contributed by atoms with Crippen LogP contribution in [0, 0.1) is 11.3 Å². The number of amides is 1. The van der Waals surface area contributed by atoms with Gasteiger partial charge in [0.1, 0.15) is 5.75 Å². The normalized spacial score (nSPS) is 10.8. The number of nitrogens with zero attached hydrogens (tertiary/aromatic N) is 1. The minimum atomic E-state index is -4.43. The van der Waals surface area contributed by atoms with E-state index < -0.39 is 18.7 Å². The fraction of sp³-hybridized carbons (Fsp3) is 0.263. The Balaban J connectivity index is 1.96. The molecule has 0 heterocycles. The van der Waals surface area contributed by atoms with Gasteiger partial charge in [0.2, 0.25) is 0 Å². The van der Waals surface area contributed by atoms with Crippen LogP contribution in [0.25, 0.3) is 0 Å². The van der Waals surface area contributed by atoms with Crippen LogP contribution >= 0.6 is 15.9 Å². The zero-order valence-electron chi connectivity index (χ0n) is 15.2. The molecule has 0 aromatic heterocycles. The van der Waals surface area contributed by atoms with Crippen molar-refractivity contribution in [2.45, 2.75) is 13.1 Å². The fourth-order valence-electron chi connectivity index (χ4n) is 2.17. The lowest BCUT2D eigenvalue weighted by Crippen LogP contribution is -2.21. The summed E-state index contributed by atoms with van der Waals surface area (Å²) in [6.45, 7) is 0.364. The summed E-state index contributed by atoms with van der Waals surface area (Å²) in [5, 5.41) is 11.6. The van der Waals surface area contributed by atoms with E-state index in [0.29, 0.717) is 28.1 Å². The number of hydrogen-bond donors (Lipinski definition) is 1. The molecule has 2 aromatic carbocycles. The van der Waals surface area contributed by atoms with Gasteiger partial charge in [-0.25, -0.2) is 0 Å². The lowest BCUT2D eigenvalue weighted by Gasteiger charge is -2.14. The first-order chi connectivity index (χ1) is 13.7. The summed E-state index contributed by atoms with van der Waals surface area (Å²) in [5.74, 6) is 0.126. The molecule has 29 heavy (non-hydrogen) atoms. The minimum Gasteiger partial charge on any atom is -0.490 e. The number of halogens is 4. The molecule has 0 aliphatic carbocycles. The maximum atomic E-state index is 12.1. The first kappa shape index (κ1) is 22.4. The fourth-order valence-corrected chi connectivity index (χ4v) is 2.73. The van der Waals surface area contributed by atoms with Gasteiger partial charge in [0.15, 0.2) is 24.7 Å². The monoisotopic (exact) mass is 472 g/mol. The number of hydrogen-bond acceptors (Lipinski definition) is 5. The predicted molar refractivity (Wildman–Crippen MR) is 102 cm³/mol. The molecule has 154 valence electrons. The second-order valence-corrected chi connectivity index (χ2v) is 6.45. The highest BCUT2D eigenvalue weighted by Crippen LogP contribution is 2.36. The van der Waals surface area contributed by atoms with Crippen molar-refractivity contribution in [3.8, 4) is 23.3 Å². The average Bonchev–Trinajstić information content (AvgIpc) is 2.66. The Morgan fingerprint density at radius 3 is 2.45 bits per heavy atom. The lowest BCUT2D eigenvalue weighted by molar-refractivity contribution is -0.153. The van der Waals surface area contributed by atoms with Crippen LogP contribution in [0.4, 0.5) is 18.9 Å². The third kappa shape index (κ3) is 7.19. The van der Waals surface area contributed by atoms with Gasteiger partial charge in [0, 0.05) is 11.8 Å². The zero-order valence-corrected chi connectivity index (χ0v) is 16.8. The number of rotatable bonds is 8. The Bertz CT molecular complexity index is 896. The molecule has 1 amide bonds. The van der Waals surface area contributed by atoms with Gasteiger partial charge < -0.3 is 19.5 Å². The summed E-state index contributed by atoms with van der Waals surface area (Å²) in [4.78, 5) is 12.1.